The molecule has 0 unspecified atom stereocenters. The Morgan fingerprint density at radius 3 is 2.76 bits per heavy atom. The zero-order valence-electron chi connectivity index (χ0n) is 11.8. The Kier molecular flexibility index (Phi) is 4.99. The van der Waals surface area contributed by atoms with E-state index in [1.165, 1.54) is 6.92 Å². The van der Waals surface area contributed by atoms with Crippen molar-refractivity contribution in [2.45, 2.75) is 20.3 Å². The lowest BCUT2D eigenvalue weighted by Gasteiger charge is -2.06. The van der Waals surface area contributed by atoms with Crippen molar-refractivity contribution in [3.63, 3.8) is 0 Å². The van der Waals surface area contributed by atoms with Gasteiger partial charge in [-0.05, 0) is 30.1 Å². The number of carbonyl (C=O) groups is 2. The molecule has 2 heterocycles. The zero-order valence-corrected chi connectivity index (χ0v) is 12.7. The van der Waals surface area contributed by atoms with Crippen LogP contribution in [0.5, 0.6) is 0 Å². The number of pyridine rings is 1. The number of anilines is 1. The minimum Gasteiger partial charge on any atom is -0.351 e. The van der Waals surface area contributed by atoms with Crippen LogP contribution in [-0.4, -0.2) is 27.7 Å². The summed E-state index contributed by atoms with van der Waals surface area (Å²) in [6.45, 7) is 3.95. The molecular formula is C14H16N4O2S. The highest BCUT2D eigenvalue weighted by molar-refractivity contribution is 7.09. The number of carbonyl (C=O) groups excluding carboxylic acids is 2. The Hall–Kier alpha value is -2.28. The standard InChI is InChI=1S/C14H16N4O2S/c1-3-7-16-14(20)13-12(17-9(2)19)11(18-21-13)10-6-4-5-8-15-10/h4-6,8H,3,7H2,1-2H3,(H,16,20)(H,17,19). The monoisotopic (exact) mass is 304 g/mol. The van der Waals surface area contributed by atoms with E-state index in [9.17, 15) is 9.59 Å². The summed E-state index contributed by atoms with van der Waals surface area (Å²) in [5, 5.41) is 5.47. The van der Waals surface area contributed by atoms with E-state index in [4.69, 9.17) is 0 Å². The molecule has 0 bridgehead atoms. The molecule has 0 saturated carbocycles. The maximum atomic E-state index is 12.1. The molecule has 7 heteroatoms. The van der Waals surface area contributed by atoms with Crippen molar-refractivity contribution >= 4 is 29.0 Å². The summed E-state index contributed by atoms with van der Waals surface area (Å²) in [4.78, 5) is 28.1. The van der Waals surface area contributed by atoms with Crippen molar-refractivity contribution in [2.75, 3.05) is 11.9 Å². The maximum Gasteiger partial charge on any atom is 0.265 e. The van der Waals surface area contributed by atoms with Crippen LogP contribution in [0.4, 0.5) is 5.69 Å². The second kappa shape index (κ2) is 6.94. The van der Waals surface area contributed by atoms with Crippen LogP contribution >= 0.6 is 11.5 Å². The molecule has 2 aromatic rings. The van der Waals surface area contributed by atoms with Crippen LogP contribution in [0.3, 0.4) is 0 Å². The molecule has 0 aromatic carbocycles. The third-order valence-corrected chi connectivity index (χ3v) is 3.49. The van der Waals surface area contributed by atoms with Crippen molar-refractivity contribution in [1.29, 1.82) is 0 Å². The van der Waals surface area contributed by atoms with Crippen LogP contribution in [-0.2, 0) is 4.79 Å². The van der Waals surface area contributed by atoms with Gasteiger partial charge in [0.15, 0.2) is 0 Å². The minimum absolute atomic E-state index is 0.236. The quantitative estimate of drug-likeness (QED) is 0.887. The topological polar surface area (TPSA) is 84.0 Å². The largest absolute Gasteiger partial charge is 0.351 e. The fourth-order valence-electron chi connectivity index (χ4n) is 1.73. The number of hydrogen-bond donors (Lipinski definition) is 2. The lowest BCUT2D eigenvalue weighted by molar-refractivity contribution is -0.114. The fourth-order valence-corrected chi connectivity index (χ4v) is 2.50. The molecule has 0 aliphatic heterocycles. The van der Waals surface area contributed by atoms with Gasteiger partial charge in [-0.25, -0.2) is 0 Å². The van der Waals surface area contributed by atoms with Crippen LogP contribution in [0.2, 0.25) is 0 Å². The number of aromatic nitrogens is 2. The van der Waals surface area contributed by atoms with Gasteiger partial charge in [-0.3, -0.25) is 14.6 Å². The second-order valence-corrected chi connectivity index (χ2v) is 5.16. The van der Waals surface area contributed by atoms with Gasteiger partial charge in [0.05, 0.1) is 11.4 Å². The Bertz CT molecular complexity index is 640. The molecule has 0 saturated heterocycles. The van der Waals surface area contributed by atoms with E-state index < -0.39 is 0 Å². The minimum atomic E-state index is -0.253. The molecule has 110 valence electrons. The maximum absolute atomic E-state index is 12.1. The van der Waals surface area contributed by atoms with Gasteiger partial charge in [0.25, 0.3) is 5.91 Å². The summed E-state index contributed by atoms with van der Waals surface area (Å²) in [6.07, 6.45) is 2.48. The Balaban J connectivity index is 2.40. The highest BCUT2D eigenvalue weighted by atomic mass is 32.1. The van der Waals surface area contributed by atoms with Crippen LogP contribution < -0.4 is 10.6 Å². The average Bonchev–Trinajstić information content (AvgIpc) is 2.88. The van der Waals surface area contributed by atoms with Gasteiger partial charge < -0.3 is 10.6 Å². The first-order chi connectivity index (χ1) is 10.1. The van der Waals surface area contributed by atoms with Crippen molar-refractivity contribution in [3.8, 4) is 11.4 Å². The summed E-state index contributed by atoms with van der Waals surface area (Å²) in [6, 6.07) is 5.41. The summed E-state index contributed by atoms with van der Waals surface area (Å²) >= 11 is 1.05. The Labute approximate surface area is 126 Å². The lowest BCUT2D eigenvalue weighted by atomic mass is 10.2. The predicted octanol–water partition coefficient (Wildman–Crippen LogP) is 2.30. The van der Waals surface area contributed by atoms with E-state index in [2.05, 4.69) is 20.0 Å². The molecule has 21 heavy (non-hydrogen) atoms. The van der Waals surface area contributed by atoms with Crippen molar-refractivity contribution in [1.82, 2.24) is 14.7 Å². The molecule has 0 spiro atoms. The first-order valence-electron chi connectivity index (χ1n) is 6.60. The molecular weight excluding hydrogens is 288 g/mol. The van der Waals surface area contributed by atoms with Crippen LogP contribution in [0.25, 0.3) is 11.4 Å². The lowest BCUT2D eigenvalue weighted by Crippen LogP contribution is -2.24. The van der Waals surface area contributed by atoms with Crippen LogP contribution in [0, 0.1) is 0 Å². The Morgan fingerprint density at radius 1 is 1.33 bits per heavy atom. The number of nitrogens with one attached hydrogen (secondary N) is 2. The smallest absolute Gasteiger partial charge is 0.265 e. The molecule has 0 aliphatic rings. The first kappa shape index (κ1) is 15.1. The number of amides is 2. The SMILES string of the molecule is CCCNC(=O)c1snc(-c2ccccn2)c1NC(C)=O. The van der Waals surface area contributed by atoms with Gasteiger partial charge in [-0.2, -0.15) is 4.37 Å². The van der Waals surface area contributed by atoms with Crippen molar-refractivity contribution < 1.29 is 9.59 Å². The molecule has 0 fully saturated rings. The highest BCUT2D eigenvalue weighted by Crippen LogP contribution is 2.32. The molecule has 6 nitrogen and oxygen atoms in total. The molecule has 2 aromatic heterocycles. The van der Waals surface area contributed by atoms with E-state index in [0.29, 0.717) is 28.5 Å². The molecule has 0 aliphatic carbocycles. The van der Waals surface area contributed by atoms with Crippen LogP contribution in [0.1, 0.15) is 29.9 Å². The third-order valence-electron chi connectivity index (χ3n) is 2.64. The molecule has 2 N–H and O–H groups in total. The van der Waals surface area contributed by atoms with Crippen molar-refractivity contribution in [3.05, 3.63) is 29.3 Å². The zero-order chi connectivity index (χ0) is 15.2. The fraction of sp³-hybridized carbons (Fsp3) is 0.286. The van der Waals surface area contributed by atoms with E-state index in [-0.39, 0.29) is 11.8 Å². The van der Waals surface area contributed by atoms with Gasteiger partial charge in [0.1, 0.15) is 10.6 Å². The highest BCUT2D eigenvalue weighted by Gasteiger charge is 2.22. The van der Waals surface area contributed by atoms with Gasteiger partial charge in [-0.1, -0.05) is 13.0 Å². The summed E-state index contributed by atoms with van der Waals surface area (Å²) < 4.78 is 4.27. The number of nitrogens with zero attached hydrogens (tertiary/aromatic N) is 2. The third kappa shape index (κ3) is 3.63. The molecule has 0 atom stereocenters. The van der Waals surface area contributed by atoms with Crippen molar-refractivity contribution in [2.24, 2.45) is 0 Å². The Morgan fingerprint density at radius 2 is 2.14 bits per heavy atom. The van der Waals surface area contributed by atoms with E-state index >= 15 is 0 Å². The van der Waals surface area contributed by atoms with Gasteiger partial charge in [0.2, 0.25) is 5.91 Å². The van der Waals surface area contributed by atoms with Gasteiger partial charge >= 0.3 is 0 Å². The summed E-state index contributed by atoms with van der Waals surface area (Å²) in [5.41, 5.74) is 1.55. The summed E-state index contributed by atoms with van der Waals surface area (Å²) in [5.74, 6) is -0.489. The van der Waals surface area contributed by atoms with E-state index in [0.717, 1.165) is 18.0 Å². The van der Waals surface area contributed by atoms with Crippen LogP contribution in [0.15, 0.2) is 24.4 Å². The van der Waals surface area contributed by atoms with E-state index in [1.54, 1.807) is 18.3 Å². The normalized spacial score (nSPS) is 10.2. The second-order valence-electron chi connectivity index (χ2n) is 4.39. The average molecular weight is 304 g/mol. The summed E-state index contributed by atoms with van der Waals surface area (Å²) in [7, 11) is 0. The van der Waals surface area contributed by atoms with E-state index in [1.807, 2.05) is 13.0 Å². The predicted molar refractivity (Wildman–Crippen MR) is 82.3 cm³/mol. The molecule has 0 radical (unpaired) electrons. The molecule has 2 amide bonds. The van der Waals surface area contributed by atoms with Gasteiger partial charge in [0, 0.05) is 19.7 Å². The molecule has 2 rings (SSSR count). The first-order valence-corrected chi connectivity index (χ1v) is 7.37. The number of rotatable bonds is 5. The van der Waals surface area contributed by atoms with Gasteiger partial charge in [-0.15, -0.1) is 0 Å². The number of hydrogen-bond acceptors (Lipinski definition) is 5.